The predicted octanol–water partition coefficient (Wildman–Crippen LogP) is 4.06. The van der Waals surface area contributed by atoms with Crippen LogP contribution < -0.4 is 5.73 Å². The third-order valence-corrected chi connectivity index (χ3v) is 5.01. The summed E-state index contributed by atoms with van der Waals surface area (Å²) in [7, 11) is 0. The molecule has 0 aliphatic heterocycles. The van der Waals surface area contributed by atoms with Gasteiger partial charge in [0.15, 0.2) is 5.65 Å². The minimum Gasteiger partial charge on any atom is -0.508 e. The molecule has 29 heavy (non-hydrogen) atoms. The number of fused-ring (bicyclic) bond motifs is 2. The van der Waals surface area contributed by atoms with Gasteiger partial charge in [-0.25, -0.2) is 14.8 Å². The molecule has 0 spiro atoms. The second kappa shape index (κ2) is 7.43. The monoisotopic (exact) mass is 390 g/mol. The molecule has 4 rings (SSSR count). The van der Waals surface area contributed by atoms with Gasteiger partial charge in [0.25, 0.3) is 0 Å². The maximum atomic E-state index is 12.9. The van der Waals surface area contributed by atoms with Crippen LogP contribution in [0.3, 0.4) is 0 Å². The van der Waals surface area contributed by atoms with Crippen LogP contribution in [0.5, 0.6) is 5.75 Å². The lowest BCUT2D eigenvalue weighted by Gasteiger charge is -2.10. The lowest BCUT2D eigenvalue weighted by molar-refractivity contribution is 0.0450. The maximum Gasteiger partial charge on any atom is 0.344 e. The number of aromatic nitrogens is 3. The Labute approximate surface area is 167 Å². The van der Waals surface area contributed by atoms with E-state index in [0.717, 1.165) is 6.42 Å². The van der Waals surface area contributed by atoms with Gasteiger partial charge < -0.3 is 15.6 Å². The van der Waals surface area contributed by atoms with Crippen LogP contribution in [0, 0.1) is 5.92 Å². The third kappa shape index (κ3) is 3.35. The Hall–Kier alpha value is -3.61. The van der Waals surface area contributed by atoms with Crippen LogP contribution in [-0.2, 0) is 4.74 Å². The van der Waals surface area contributed by atoms with Crippen molar-refractivity contribution >= 4 is 34.0 Å². The lowest BCUT2D eigenvalue weighted by Crippen LogP contribution is -2.13. The number of phenols is 1. The summed E-state index contributed by atoms with van der Waals surface area (Å²) in [6, 6.07) is 13.9. The molecule has 2 heterocycles. The molecule has 0 aliphatic rings. The topological polar surface area (TPSA) is 103 Å². The molecule has 148 valence electrons. The van der Waals surface area contributed by atoms with Gasteiger partial charge in [-0.3, -0.25) is 4.57 Å². The number of nitrogens with zero attached hydrogens (tertiary/aromatic N) is 3. The molecule has 0 saturated heterocycles. The van der Waals surface area contributed by atoms with Gasteiger partial charge in [0, 0.05) is 5.69 Å². The minimum absolute atomic E-state index is 0.133. The smallest absolute Gasteiger partial charge is 0.344 e. The Morgan fingerprint density at radius 2 is 1.79 bits per heavy atom. The number of ether oxygens (including phenoxy) is 1. The number of rotatable bonds is 5. The van der Waals surface area contributed by atoms with Gasteiger partial charge in [-0.15, -0.1) is 0 Å². The molecule has 3 N–H and O–H groups in total. The van der Waals surface area contributed by atoms with Crippen molar-refractivity contribution in [3.63, 3.8) is 0 Å². The number of para-hydroxylation sites is 2. The van der Waals surface area contributed by atoms with E-state index in [1.54, 1.807) is 28.8 Å². The van der Waals surface area contributed by atoms with Gasteiger partial charge >= 0.3 is 5.97 Å². The molecular formula is C22H22N4O3. The number of hydrogen-bond donors (Lipinski definition) is 2. The van der Waals surface area contributed by atoms with E-state index >= 15 is 0 Å². The van der Waals surface area contributed by atoms with E-state index in [9.17, 15) is 9.90 Å². The Morgan fingerprint density at radius 3 is 2.45 bits per heavy atom. The second-order valence-corrected chi connectivity index (χ2v) is 7.11. The van der Waals surface area contributed by atoms with Crippen molar-refractivity contribution in [2.45, 2.75) is 20.3 Å². The fourth-order valence-electron chi connectivity index (χ4n) is 3.13. The van der Waals surface area contributed by atoms with Crippen molar-refractivity contribution in [2.75, 3.05) is 12.3 Å². The van der Waals surface area contributed by atoms with Crippen LogP contribution in [0.15, 0.2) is 48.5 Å². The van der Waals surface area contributed by atoms with Gasteiger partial charge in [0.05, 0.1) is 17.6 Å². The summed E-state index contributed by atoms with van der Waals surface area (Å²) in [6.07, 6.45) is 0.905. The molecule has 0 unspecified atom stereocenters. The van der Waals surface area contributed by atoms with E-state index in [1.165, 1.54) is 0 Å². The number of carbonyl (C=O) groups is 1. The van der Waals surface area contributed by atoms with Crippen LogP contribution in [-0.4, -0.2) is 32.2 Å². The molecule has 2 aromatic heterocycles. The summed E-state index contributed by atoms with van der Waals surface area (Å²) in [5.74, 6) is 0.0658. The van der Waals surface area contributed by atoms with E-state index < -0.39 is 5.97 Å². The first-order valence-corrected chi connectivity index (χ1v) is 9.52. The zero-order valence-electron chi connectivity index (χ0n) is 16.3. The standard InChI is InChI=1S/C22H22N4O3/c1-3-13(2)12-29-22(28)18-19-21(25-17-7-5-4-6-16(17)24-19)26(20(18)23)14-8-10-15(27)11-9-14/h4-11,13,27H,3,12,23H2,1-2H3/t13-/m1/s1. The van der Waals surface area contributed by atoms with E-state index in [-0.39, 0.29) is 23.0 Å². The zero-order valence-corrected chi connectivity index (χ0v) is 16.3. The number of nitrogen functional groups attached to an aromatic ring is 1. The summed E-state index contributed by atoms with van der Waals surface area (Å²) in [6.45, 7) is 4.37. The van der Waals surface area contributed by atoms with Crippen LogP contribution in [0.1, 0.15) is 30.6 Å². The molecule has 0 bridgehead atoms. The highest BCUT2D eigenvalue weighted by Crippen LogP contribution is 2.32. The number of anilines is 1. The van der Waals surface area contributed by atoms with Crippen molar-refractivity contribution < 1.29 is 14.6 Å². The number of hydrogen-bond acceptors (Lipinski definition) is 6. The van der Waals surface area contributed by atoms with Gasteiger partial charge in [0.1, 0.15) is 22.6 Å². The van der Waals surface area contributed by atoms with Gasteiger partial charge in [-0.05, 0) is 42.3 Å². The summed E-state index contributed by atoms with van der Waals surface area (Å²) >= 11 is 0. The number of phenolic OH excluding ortho intramolecular Hbond substituents is 1. The third-order valence-electron chi connectivity index (χ3n) is 5.01. The largest absolute Gasteiger partial charge is 0.508 e. The predicted molar refractivity (Wildman–Crippen MR) is 112 cm³/mol. The maximum absolute atomic E-state index is 12.9. The van der Waals surface area contributed by atoms with E-state index in [2.05, 4.69) is 4.98 Å². The highest BCUT2D eigenvalue weighted by atomic mass is 16.5. The molecule has 7 nitrogen and oxygen atoms in total. The van der Waals surface area contributed by atoms with Gasteiger partial charge in [-0.1, -0.05) is 32.4 Å². The number of nitrogens with two attached hydrogens (primary N) is 1. The molecule has 0 aliphatic carbocycles. The summed E-state index contributed by atoms with van der Waals surface area (Å²) < 4.78 is 7.17. The van der Waals surface area contributed by atoms with E-state index in [0.29, 0.717) is 34.5 Å². The molecule has 1 atom stereocenters. The molecule has 2 aromatic carbocycles. The highest BCUT2D eigenvalue weighted by Gasteiger charge is 2.26. The summed E-state index contributed by atoms with van der Waals surface area (Å²) in [5, 5.41) is 9.62. The minimum atomic E-state index is -0.519. The summed E-state index contributed by atoms with van der Waals surface area (Å²) in [5.41, 5.74) is 9.48. The number of carbonyl (C=O) groups excluding carboxylic acids is 1. The van der Waals surface area contributed by atoms with Crippen LogP contribution >= 0.6 is 0 Å². The molecular weight excluding hydrogens is 368 g/mol. The van der Waals surface area contributed by atoms with Crippen molar-refractivity contribution in [1.82, 2.24) is 14.5 Å². The van der Waals surface area contributed by atoms with Gasteiger partial charge in [-0.2, -0.15) is 0 Å². The molecule has 0 radical (unpaired) electrons. The Balaban J connectivity index is 1.94. The first kappa shape index (κ1) is 18.7. The molecule has 7 heteroatoms. The fraction of sp³-hybridized carbons (Fsp3) is 0.227. The lowest BCUT2D eigenvalue weighted by atomic mass is 10.1. The fourth-order valence-corrected chi connectivity index (χ4v) is 3.13. The SMILES string of the molecule is CC[C@@H](C)COC(=O)c1c(N)n(-c2ccc(O)cc2)c2nc3ccccc3nc12. The Kier molecular flexibility index (Phi) is 4.80. The van der Waals surface area contributed by atoms with E-state index in [4.69, 9.17) is 15.5 Å². The highest BCUT2D eigenvalue weighted by molar-refractivity contribution is 6.09. The van der Waals surface area contributed by atoms with Gasteiger partial charge in [0.2, 0.25) is 0 Å². The Morgan fingerprint density at radius 1 is 1.14 bits per heavy atom. The quantitative estimate of drug-likeness (QED) is 0.498. The van der Waals surface area contributed by atoms with E-state index in [1.807, 2.05) is 38.1 Å². The average Bonchev–Trinajstić information content (AvgIpc) is 3.01. The first-order chi connectivity index (χ1) is 14.0. The number of esters is 1. The normalized spacial score (nSPS) is 12.3. The molecule has 0 fully saturated rings. The molecule has 0 saturated carbocycles. The van der Waals surface area contributed by atoms with Crippen molar-refractivity contribution in [3.8, 4) is 11.4 Å². The first-order valence-electron chi connectivity index (χ1n) is 9.52. The second-order valence-electron chi connectivity index (χ2n) is 7.11. The molecule has 0 amide bonds. The van der Waals surface area contributed by atoms with Crippen molar-refractivity contribution in [2.24, 2.45) is 5.92 Å². The van der Waals surface area contributed by atoms with Crippen molar-refractivity contribution in [3.05, 3.63) is 54.1 Å². The molecule has 4 aromatic rings. The zero-order chi connectivity index (χ0) is 20.5. The summed E-state index contributed by atoms with van der Waals surface area (Å²) in [4.78, 5) is 22.3. The van der Waals surface area contributed by atoms with Crippen molar-refractivity contribution in [1.29, 1.82) is 0 Å². The van der Waals surface area contributed by atoms with Crippen LogP contribution in [0.2, 0.25) is 0 Å². The Bertz CT molecular complexity index is 1200. The average molecular weight is 390 g/mol. The number of benzene rings is 2. The van der Waals surface area contributed by atoms with Crippen LogP contribution in [0.4, 0.5) is 5.82 Å². The van der Waals surface area contributed by atoms with Crippen LogP contribution in [0.25, 0.3) is 27.9 Å². The number of aromatic hydroxyl groups is 1.